The van der Waals surface area contributed by atoms with Crippen LogP contribution in [0.25, 0.3) is 0 Å². The zero-order chi connectivity index (χ0) is 13.7. The van der Waals surface area contributed by atoms with Gasteiger partial charge in [-0.2, -0.15) is 5.10 Å². The Morgan fingerprint density at radius 2 is 2.00 bits per heavy atom. The largest absolute Gasteiger partial charge is 0.394 e. The minimum Gasteiger partial charge on any atom is -0.394 e. The Morgan fingerprint density at radius 1 is 1.33 bits per heavy atom. The van der Waals surface area contributed by atoms with Crippen molar-refractivity contribution in [2.24, 2.45) is 0 Å². The van der Waals surface area contributed by atoms with Crippen LogP contribution < -0.4 is 11.1 Å². The second-order valence-electron chi connectivity index (χ2n) is 5.32. The van der Waals surface area contributed by atoms with Gasteiger partial charge in [-0.1, -0.05) is 0 Å². The van der Waals surface area contributed by atoms with Crippen LogP contribution in [0.2, 0.25) is 0 Å². The van der Waals surface area contributed by atoms with E-state index in [0.29, 0.717) is 6.04 Å². The van der Waals surface area contributed by atoms with E-state index >= 15 is 0 Å². The van der Waals surface area contributed by atoms with Crippen LogP contribution in [-0.4, -0.2) is 41.9 Å². The fourth-order valence-electron chi connectivity index (χ4n) is 1.87. The van der Waals surface area contributed by atoms with Crippen LogP contribution in [0, 0.1) is 6.92 Å². The van der Waals surface area contributed by atoms with Crippen molar-refractivity contribution in [1.29, 1.82) is 0 Å². The van der Waals surface area contributed by atoms with Crippen molar-refractivity contribution in [1.82, 2.24) is 14.7 Å². The number of aromatic nitrogens is 2. The Balaban J connectivity index is 2.51. The third kappa shape index (κ3) is 3.91. The zero-order valence-electron chi connectivity index (χ0n) is 12.3. The van der Waals surface area contributed by atoms with E-state index in [1.165, 1.54) is 6.42 Å². The molecule has 1 rings (SSSR count). The summed E-state index contributed by atoms with van der Waals surface area (Å²) in [5, 5.41) is 7.87. The smallest absolute Gasteiger partial charge is 0.148 e. The molecule has 0 spiro atoms. The molecule has 1 heterocycles. The average Bonchev–Trinajstić information content (AvgIpc) is 2.56. The fraction of sp³-hybridized carbons (Fsp3) is 0.769. The number of nitrogens with zero attached hydrogens (tertiary/aromatic N) is 3. The van der Waals surface area contributed by atoms with Crippen molar-refractivity contribution < 1.29 is 0 Å². The highest BCUT2D eigenvalue weighted by molar-refractivity contribution is 5.64. The van der Waals surface area contributed by atoms with Gasteiger partial charge >= 0.3 is 0 Å². The van der Waals surface area contributed by atoms with Crippen LogP contribution in [0.15, 0.2) is 0 Å². The average molecular weight is 253 g/mol. The van der Waals surface area contributed by atoms with E-state index in [2.05, 4.69) is 43.3 Å². The normalized spacial score (nSPS) is 11.5. The number of anilines is 2. The number of nitrogen functional groups attached to an aromatic ring is 1. The molecule has 0 unspecified atom stereocenters. The summed E-state index contributed by atoms with van der Waals surface area (Å²) in [6, 6.07) is 0.324. The topological polar surface area (TPSA) is 59.1 Å². The van der Waals surface area contributed by atoms with Crippen LogP contribution in [0.1, 0.15) is 38.4 Å². The van der Waals surface area contributed by atoms with Crippen molar-refractivity contribution in [2.75, 3.05) is 38.2 Å². The minimum atomic E-state index is 0.324. The van der Waals surface area contributed by atoms with Crippen LogP contribution >= 0.6 is 0 Å². The van der Waals surface area contributed by atoms with E-state index in [9.17, 15) is 0 Å². The highest BCUT2D eigenvalue weighted by Gasteiger charge is 2.13. The molecule has 5 nitrogen and oxygen atoms in total. The molecule has 0 saturated heterocycles. The molecule has 1 aromatic rings. The summed E-state index contributed by atoms with van der Waals surface area (Å²) in [4.78, 5) is 2.21. The first-order valence-corrected chi connectivity index (χ1v) is 6.66. The predicted molar refractivity (Wildman–Crippen MR) is 78.0 cm³/mol. The molecule has 0 fully saturated rings. The van der Waals surface area contributed by atoms with Gasteiger partial charge < -0.3 is 16.0 Å². The van der Waals surface area contributed by atoms with E-state index in [1.54, 1.807) is 0 Å². The Hall–Kier alpha value is -1.23. The first kappa shape index (κ1) is 14.8. The van der Waals surface area contributed by atoms with Crippen LogP contribution in [0.4, 0.5) is 11.5 Å². The highest BCUT2D eigenvalue weighted by Crippen LogP contribution is 2.25. The molecule has 18 heavy (non-hydrogen) atoms. The van der Waals surface area contributed by atoms with Crippen LogP contribution in [0.5, 0.6) is 0 Å². The quantitative estimate of drug-likeness (QED) is 0.731. The van der Waals surface area contributed by atoms with Crippen molar-refractivity contribution in [3.63, 3.8) is 0 Å². The monoisotopic (exact) mass is 253 g/mol. The zero-order valence-corrected chi connectivity index (χ0v) is 12.3. The van der Waals surface area contributed by atoms with E-state index in [1.807, 2.05) is 11.6 Å². The van der Waals surface area contributed by atoms with Gasteiger partial charge in [0.15, 0.2) is 0 Å². The first-order chi connectivity index (χ1) is 8.43. The second-order valence-corrected chi connectivity index (χ2v) is 5.32. The van der Waals surface area contributed by atoms with Gasteiger partial charge in [0.1, 0.15) is 5.82 Å². The third-order valence-corrected chi connectivity index (χ3v) is 2.95. The Labute approximate surface area is 110 Å². The number of rotatable bonds is 7. The maximum Gasteiger partial charge on any atom is 0.148 e. The van der Waals surface area contributed by atoms with Gasteiger partial charge in [-0.05, 0) is 54.3 Å². The molecule has 0 atom stereocenters. The van der Waals surface area contributed by atoms with E-state index < -0.39 is 0 Å². The molecule has 0 aliphatic carbocycles. The first-order valence-electron chi connectivity index (χ1n) is 6.66. The maximum absolute atomic E-state index is 6.05. The highest BCUT2D eigenvalue weighted by atomic mass is 15.4. The van der Waals surface area contributed by atoms with Crippen molar-refractivity contribution in [2.45, 2.75) is 39.7 Å². The molecule has 0 aliphatic rings. The number of hydrogen-bond donors (Lipinski definition) is 2. The lowest BCUT2D eigenvalue weighted by atomic mass is 10.3. The van der Waals surface area contributed by atoms with Gasteiger partial charge in [0, 0.05) is 12.6 Å². The van der Waals surface area contributed by atoms with Gasteiger partial charge in [-0.25, -0.2) is 4.68 Å². The molecule has 0 saturated carbocycles. The molecule has 0 aromatic carbocycles. The van der Waals surface area contributed by atoms with Gasteiger partial charge in [0.2, 0.25) is 0 Å². The summed E-state index contributed by atoms with van der Waals surface area (Å²) in [6.45, 7) is 8.24. The molecule has 0 bridgehead atoms. The third-order valence-electron chi connectivity index (χ3n) is 2.95. The fourth-order valence-corrected chi connectivity index (χ4v) is 1.87. The summed E-state index contributed by atoms with van der Waals surface area (Å²) < 4.78 is 1.97. The Morgan fingerprint density at radius 3 is 2.56 bits per heavy atom. The molecular weight excluding hydrogens is 226 g/mol. The van der Waals surface area contributed by atoms with Gasteiger partial charge in [0.25, 0.3) is 0 Å². The summed E-state index contributed by atoms with van der Waals surface area (Å²) in [7, 11) is 4.20. The molecule has 3 N–H and O–H groups in total. The van der Waals surface area contributed by atoms with Crippen molar-refractivity contribution >= 4 is 11.5 Å². The van der Waals surface area contributed by atoms with E-state index in [4.69, 9.17) is 5.73 Å². The van der Waals surface area contributed by atoms with Gasteiger partial charge in [-0.15, -0.1) is 0 Å². The number of nitrogens with two attached hydrogens (primary N) is 1. The SMILES string of the molecule is Cc1nn(C(C)C)c(NCCCCN(C)C)c1N. The lowest BCUT2D eigenvalue weighted by Crippen LogP contribution is -2.15. The second kappa shape index (κ2) is 6.64. The number of aryl methyl sites for hydroxylation is 1. The lowest BCUT2D eigenvalue weighted by molar-refractivity contribution is 0.396. The van der Waals surface area contributed by atoms with Crippen LogP contribution in [-0.2, 0) is 0 Å². The summed E-state index contributed by atoms with van der Waals surface area (Å²) in [5.74, 6) is 0.965. The van der Waals surface area contributed by atoms with E-state index in [0.717, 1.165) is 36.7 Å². The van der Waals surface area contributed by atoms with Gasteiger partial charge in [-0.3, -0.25) is 0 Å². The van der Waals surface area contributed by atoms with Crippen molar-refractivity contribution in [3.8, 4) is 0 Å². The van der Waals surface area contributed by atoms with Crippen molar-refractivity contribution in [3.05, 3.63) is 5.69 Å². The van der Waals surface area contributed by atoms with Gasteiger partial charge in [0.05, 0.1) is 11.4 Å². The Kier molecular flexibility index (Phi) is 5.47. The molecule has 1 aromatic heterocycles. The maximum atomic E-state index is 6.05. The Bertz CT molecular complexity index is 368. The summed E-state index contributed by atoms with van der Waals surface area (Å²) >= 11 is 0. The lowest BCUT2D eigenvalue weighted by Gasteiger charge is -2.14. The molecule has 0 amide bonds. The number of hydrogen-bond acceptors (Lipinski definition) is 4. The number of unbranched alkanes of at least 4 members (excludes halogenated alkanes) is 1. The van der Waals surface area contributed by atoms with E-state index in [-0.39, 0.29) is 0 Å². The molecule has 0 aliphatic heterocycles. The summed E-state index contributed by atoms with van der Waals surface area (Å²) in [6.07, 6.45) is 2.33. The van der Waals surface area contributed by atoms with Crippen LogP contribution in [0.3, 0.4) is 0 Å². The number of nitrogens with one attached hydrogen (secondary N) is 1. The summed E-state index contributed by atoms with van der Waals surface area (Å²) in [5.41, 5.74) is 7.73. The predicted octanol–water partition coefficient (Wildman–Crippen LogP) is 2.11. The molecule has 104 valence electrons. The minimum absolute atomic E-state index is 0.324. The molecule has 0 radical (unpaired) electrons. The molecular formula is C13H27N5. The molecule has 5 heteroatoms. The standard InChI is InChI=1S/C13H27N5/c1-10(2)18-13(12(14)11(3)16-18)15-8-6-7-9-17(4)5/h10,15H,6-9,14H2,1-5H3.